The average molecular weight is 320 g/mol. The van der Waals surface area contributed by atoms with Crippen molar-refractivity contribution in [3.8, 4) is 0 Å². The lowest BCUT2D eigenvalue weighted by atomic mass is 10.1. The summed E-state index contributed by atoms with van der Waals surface area (Å²) >= 11 is 0. The highest BCUT2D eigenvalue weighted by molar-refractivity contribution is 7.88. The quantitative estimate of drug-likeness (QED) is 0.850. The van der Waals surface area contributed by atoms with Crippen LogP contribution in [0.1, 0.15) is 42.8 Å². The van der Waals surface area contributed by atoms with Crippen LogP contribution in [-0.4, -0.2) is 24.4 Å². The predicted molar refractivity (Wildman–Crippen MR) is 83.6 cm³/mol. The van der Waals surface area contributed by atoms with Gasteiger partial charge < -0.3 is 4.52 Å². The van der Waals surface area contributed by atoms with Gasteiger partial charge in [-0.15, -0.1) is 0 Å². The average Bonchev–Trinajstić information content (AvgIpc) is 3.16. The SMILES string of the molecule is CCc1cc(C2CCCN2S(=O)(=O)Cc2ccccc2)on1. The molecular weight excluding hydrogens is 300 g/mol. The van der Waals surface area contributed by atoms with Crippen molar-refractivity contribution in [3.05, 3.63) is 53.4 Å². The van der Waals surface area contributed by atoms with Gasteiger partial charge in [-0.3, -0.25) is 0 Å². The Bertz CT molecular complexity index is 725. The van der Waals surface area contributed by atoms with Crippen molar-refractivity contribution in [1.29, 1.82) is 0 Å². The van der Waals surface area contributed by atoms with Crippen molar-refractivity contribution in [1.82, 2.24) is 9.46 Å². The Kier molecular flexibility index (Phi) is 4.31. The van der Waals surface area contributed by atoms with Crippen molar-refractivity contribution >= 4 is 10.0 Å². The highest BCUT2D eigenvalue weighted by Gasteiger charge is 2.37. The minimum absolute atomic E-state index is 0.0269. The zero-order valence-corrected chi connectivity index (χ0v) is 13.4. The summed E-state index contributed by atoms with van der Waals surface area (Å²) in [5.41, 5.74) is 1.67. The second-order valence-corrected chi connectivity index (χ2v) is 7.51. The van der Waals surface area contributed by atoms with E-state index in [9.17, 15) is 8.42 Å². The standard InChI is InChI=1S/C16H20N2O3S/c1-2-14-11-16(21-17-14)15-9-6-10-18(15)22(19,20)12-13-7-4-3-5-8-13/h3-5,7-8,11,15H,2,6,9-10,12H2,1H3. The van der Waals surface area contributed by atoms with Crippen LogP contribution in [-0.2, 0) is 22.2 Å². The topological polar surface area (TPSA) is 63.4 Å². The lowest BCUT2D eigenvalue weighted by Gasteiger charge is -2.22. The maximum absolute atomic E-state index is 12.7. The van der Waals surface area contributed by atoms with Crippen LogP contribution in [0.2, 0.25) is 0 Å². The normalized spacial score (nSPS) is 19.6. The molecule has 2 heterocycles. The van der Waals surface area contributed by atoms with E-state index in [1.54, 1.807) is 4.31 Å². The van der Waals surface area contributed by atoms with Gasteiger partial charge in [0.05, 0.1) is 17.5 Å². The Morgan fingerprint density at radius 3 is 2.77 bits per heavy atom. The first-order valence-corrected chi connectivity index (χ1v) is 9.20. The van der Waals surface area contributed by atoms with E-state index in [1.165, 1.54) is 0 Å². The molecule has 118 valence electrons. The summed E-state index contributed by atoms with van der Waals surface area (Å²) in [6.45, 7) is 2.54. The van der Waals surface area contributed by atoms with Gasteiger partial charge >= 0.3 is 0 Å². The molecule has 5 nitrogen and oxygen atoms in total. The van der Waals surface area contributed by atoms with E-state index in [0.29, 0.717) is 12.3 Å². The highest BCUT2D eigenvalue weighted by Crippen LogP contribution is 2.35. The van der Waals surface area contributed by atoms with Gasteiger partial charge in [0.1, 0.15) is 0 Å². The molecule has 2 aromatic rings. The van der Waals surface area contributed by atoms with E-state index < -0.39 is 10.0 Å². The highest BCUT2D eigenvalue weighted by atomic mass is 32.2. The molecule has 0 radical (unpaired) electrons. The monoisotopic (exact) mass is 320 g/mol. The summed E-state index contributed by atoms with van der Waals surface area (Å²) in [5.74, 6) is 0.685. The molecule has 6 heteroatoms. The minimum Gasteiger partial charge on any atom is -0.359 e. The van der Waals surface area contributed by atoms with Crippen molar-refractivity contribution in [2.75, 3.05) is 6.54 Å². The first kappa shape index (κ1) is 15.2. The minimum atomic E-state index is -3.36. The van der Waals surface area contributed by atoms with Crippen molar-refractivity contribution in [2.45, 2.75) is 38.0 Å². The van der Waals surface area contributed by atoms with Gasteiger partial charge in [0.15, 0.2) is 5.76 Å². The number of benzene rings is 1. The zero-order valence-electron chi connectivity index (χ0n) is 12.6. The van der Waals surface area contributed by atoms with E-state index in [-0.39, 0.29) is 11.8 Å². The zero-order chi connectivity index (χ0) is 15.6. The summed E-state index contributed by atoms with van der Waals surface area (Å²) in [7, 11) is -3.36. The smallest absolute Gasteiger partial charge is 0.218 e. The molecule has 3 rings (SSSR count). The number of hydrogen-bond donors (Lipinski definition) is 0. The number of aromatic nitrogens is 1. The molecule has 0 N–H and O–H groups in total. The third kappa shape index (κ3) is 3.08. The fourth-order valence-electron chi connectivity index (χ4n) is 2.88. The summed E-state index contributed by atoms with van der Waals surface area (Å²) in [6.07, 6.45) is 2.42. The van der Waals surface area contributed by atoms with Crippen LogP contribution in [0, 0.1) is 0 Å². The maximum Gasteiger partial charge on any atom is 0.218 e. The fourth-order valence-corrected chi connectivity index (χ4v) is 4.66. The van der Waals surface area contributed by atoms with Crippen molar-refractivity contribution in [2.24, 2.45) is 0 Å². The van der Waals surface area contributed by atoms with Gasteiger partial charge in [0.2, 0.25) is 10.0 Å². The Labute approximate surface area is 131 Å². The molecule has 0 aliphatic carbocycles. The van der Waals surface area contributed by atoms with Crippen LogP contribution >= 0.6 is 0 Å². The van der Waals surface area contributed by atoms with Crippen molar-refractivity contribution < 1.29 is 12.9 Å². The van der Waals surface area contributed by atoms with Crippen LogP contribution in [0.3, 0.4) is 0 Å². The van der Waals surface area contributed by atoms with E-state index in [1.807, 2.05) is 43.3 Å². The second kappa shape index (κ2) is 6.22. The summed E-state index contributed by atoms with van der Waals surface area (Å²) in [6, 6.07) is 10.9. The Hall–Kier alpha value is -1.66. The molecule has 1 atom stereocenters. The molecule has 22 heavy (non-hydrogen) atoms. The van der Waals surface area contributed by atoms with Gasteiger partial charge in [-0.05, 0) is 24.8 Å². The Balaban J connectivity index is 1.82. The largest absolute Gasteiger partial charge is 0.359 e. The lowest BCUT2D eigenvalue weighted by molar-refractivity contribution is 0.296. The predicted octanol–water partition coefficient (Wildman–Crippen LogP) is 2.90. The molecular formula is C16H20N2O3S. The van der Waals surface area contributed by atoms with Crippen molar-refractivity contribution in [3.63, 3.8) is 0 Å². The first-order valence-electron chi connectivity index (χ1n) is 7.59. The second-order valence-electron chi connectivity index (χ2n) is 5.58. The maximum atomic E-state index is 12.7. The van der Waals surface area contributed by atoms with Crippen LogP contribution in [0.5, 0.6) is 0 Å². The molecule has 1 saturated heterocycles. The van der Waals surface area contributed by atoms with Crippen LogP contribution in [0.15, 0.2) is 40.9 Å². The molecule has 1 aromatic heterocycles. The molecule has 1 aliphatic heterocycles. The number of hydrogen-bond acceptors (Lipinski definition) is 4. The molecule has 1 aliphatic rings. The molecule has 1 unspecified atom stereocenters. The molecule has 1 fully saturated rings. The third-order valence-electron chi connectivity index (χ3n) is 4.02. The van der Waals surface area contributed by atoms with Gasteiger partial charge in [0, 0.05) is 12.6 Å². The molecule has 0 bridgehead atoms. The summed E-state index contributed by atoms with van der Waals surface area (Å²) in [4.78, 5) is 0. The van der Waals surface area contributed by atoms with E-state index >= 15 is 0 Å². The van der Waals surface area contributed by atoms with Gasteiger partial charge in [0.25, 0.3) is 0 Å². The van der Waals surface area contributed by atoms with E-state index in [2.05, 4.69) is 5.16 Å². The number of aryl methyl sites for hydroxylation is 1. The Morgan fingerprint density at radius 1 is 1.32 bits per heavy atom. The van der Waals surface area contributed by atoms with Gasteiger partial charge in [-0.1, -0.05) is 42.4 Å². The number of nitrogens with zero attached hydrogens (tertiary/aromatic N) is 2. The molecule has 1 aromatic carbocycles. The number of rotatable bonds is 5. The summed E-state index contributed by atoms with van der Waals surface area (Å²) in [5, 5.41) is 3.98. The van der Waals surface area contributed by atoms with E-state index in [4.69, 9.17) is 4.52 Å². The van der Waals surface area contributed by atoms with Gasteiger partial charge in [-0.2, -0.15) is 4.31 Å². The summed E-state index contributed by atoms with van der Waals surface area (Å²) < 4.78 is 32.4. The first-order chi connectivity index (χ1) is 10.6. The van der Waals surface area contributed by atoms with Crippen LogP contribution < -0.4 is 0 Å². The van der Waals surface area contributed by atoms with Gasteiger partial charge in [-0.25, -0.2) is 8.42 Å². The number of sulfonamides is 1. The molecule has 0 saturated carbocycles. The lowest BCUT2D eigenvalue weighted by Crippen LogP contribution is -2.31. The third-order valence-corrected chi connectivity index (χ3v) is 5.87. The van der Waals surface area contributed by atoms with Crippen LogP contribution in [0.4, 0.5) is 0 Å². The van der Waals surface area contributed by atoms with E-state index in [0.717, 1.165) is 30.5 Å². The fraction of sp³-hybridized carbons (Fsp3) is 0.438. The van der Waals surface area contributed by atoms with Crippen LogP contribution in [0.25, 0.3) is 0 Å². The Morgan fingerprint density at radius 2 is 2.09 bits per heavy atom. The molecule has 0 spiro atoms. The molecule has 0 amide bonds.